The molecule has 12 heteroatoms. The molecule has 2 heterocycles. The Bertz CT molecular complexity index is 1670. The van der Waals surface area contributed by atoms with Gasteiger partial charge in [0.15, 0.2) is 0 Å². The van der Waals surface area contributed by atoms with Crippen LogP contribution < -0.4 is 24.6 Å². The van der Waals surface area contributed by atoms with Gasteiger partial charge in [-0.25, -0.2) is 19.1 Å². The molecule has 5 rings (SSSR count). The van der Waals surface area contributed by atoms with Crippen molar-refractivity contribution in [2.75, 3.05) is 63.1 Å². The number of ether oxygens (including phenoxy) is 3. The van der Waals surface area contributed by atoms with E-state index in [-0.39, 0.29) is 24.2 Å². The van der Waals surface area contributed by atoms with E-state index < -0.39 is 12.1 Å². The van der Waals surface area contributed by atoms with Gasteiger partial charge in [-0.3, -0.25) is 0 Å². The van der Waals surface area contributed by atoms with Gasteiger partial charge < -0.3 is 34.4 Å². The number of amides is 1. The zero-order valence-corrected chi connectivity index (χ0v) is 26.6. The molecule has 1 aromatic heterocycles. The highest BCUT2D eigenvalue weighted by Crippen LogP contribution is 2.40. The van der Waals surface area contributed by atoms with Gasteiger partial charge in [-0.2, -0.15) is 4.98 Å². The number of halogens is 1. The van der Waals surface area contributed by atoms with Gasteiger partial charge in [-0.15, -0.1) is 0 Å². The number of piperazine rings is 1. The van der Waals surface area contributed by atoms with Crippen LogP contribution in [-0.4, -0.2) is 80.1 Å². The van der Waals surface area contributed by atoms with Crippen molar-refractivity contribution in [2.45, 2.75) is 25.6 Å². The van der Waals surface area contributed by atoms with Crippen molar-refractivity contribution in [3.63, 3.8) is 0 Å². The number of benzene rings is 3. The van der Waals surface area contributed by atoms with Crippen molar-refractivity contribution >= 4 is 29.2 Å². The van der Waals surface area contributed by atoms with E-state index in [9.17, 15) is 9.90 Å². The maximum Gasteiger partial charge on any atom is 0.413 e. The lowest BCUT2D eigenvalue weighted by Crippen LogP contribution is -2.50. The fraction of sp³-hybridized carbons (Fsp3) is 0.324. The minimum absolute atomic E-state index is 0.0932. The zero-order chi connectivity index (χ0) is 32.8. The molecule has 1 saturated heterocycles. The molecule has 1 fully saturated rings. The smallest absolute Gasteiger partial charge is 0.413 e. The summed E-state index contributed by atoms with van der Waals surface area (Å²) in [5.41, 5.74) is 2.95. The van der Waals surface area contributed by atoms with E-state index in [0.29, 0.717) is 40.0 Å². The molecule has 2 atom stereocenters. The number of carboxylic acid groups (broad SMARTS) is 1. The van der Waals surface area contributed by atoms with Crippen molar-refractivity contribution in [3.8, 4) is 11.5 Å². The molecule has 11 nitrogen and oxygen atoms in total. The monoisotopic (exact) mass is 630 g/mol. The third-order valence-electron chi connectivity index (χ3n) is 8.24. The molecule has 2 unspecified atom stereocenters. The number of anilines is 4. The summed E-state index contributed by atoms with van der Waals surface area (Å²) in [6.45, 7) is 4.67. The Morgan fingerprint density at radius 3 is 2.57 bits per heavy atom. The predicted molar refractivity (Wildman–Crippen MR) is 175 cm³/mol. The molecule has 0 radical (unpaired) electrons. The first-order valence-electron chi connectivity index (χ1n) is 14.9. The first-order chi connectivity index (χ1) is 22.2. The van der Waals surface area contributed by atoms with Gasteiger partial charge in [0.05, 0.1) is 32.6 Å². The molecular formula is C34H39FN6O5. The summed E-state index contributed by atoms with van der Waals surface area (Å²) in [5.74, 6) is 0.810. The molecular weight excluding hydrogens is 591 g/mol. The van der Waals surface area contributed by atoms with E-state index in [1.807, 2.05) is 29.2 Å². The van der Waals surface area contributed by atoms with Crippen molar-refractivity contribution in [2.24, 2.45) is 0 Å². The Kier molecular flexibility index (Phi) is 10.2. The van der Waals surface area contributed by atoms with Gasteiger partial charge >= 0.3 is 6.09 Å². The number of likely N-dealkylation sites (N-methyl/N-ethyl adjacent to an activating group) is 1. The summed E-state index contributed by atoms with van der Waals surface area (Å²) >= 11 is 0. The normalized spacial score (nSPS) is 15.7. The van der Waals surface area contributed by atoms with E-state index in [4.69, 9.17) is 14.2 Å². The number of hydrogen-bond donors (Lipinski definition) is 2. The molecule has 242 valence electrons. The largest absolute Gasteiger partial charge is 0.497 e. The van der Waals surface area contributed by atoms with Crippen LogP contribution in [0.3, 0.4) is 0 Å². The third kappa shape index (κ3) is 6.98. The molecule has 3 aromatic carbocycles. The average molecular weight is 631 g/mol. The van der Waals surface area contributed by atoms with Crippen molar-refractivity contribution in [1.29, 1.82) is 0 Å². The zero-order valence-electron chi connectivity index (χ0n) is 26.6. The van der Waals surface area contributed by atoms with Crippen LogP contribution in [-0.2, 0) is 11.3 Å². The Hall–Kier alpha value is -4.94. The van der Waals surface area contributed by atoms with Gasteiger partial charge in [0.25, 0.3) is 0 Å². The van der Waals surface area contributed by atoms with Crippen LogP contribution in [0.1, 0.15) is 29.7 Å². The highest BCUT2D eigenvalue weighted by molar-refractivity contribution is 5.87. The molecule has 0 bridgehead atoms. The van der Waals surface area contributed by atoms with Crippen LogP contribution in [0.15, 0.2) is 72.9 Å². The van der Waals surface area contributed by atoms with Gasteiger partial charge in [0.2, 0.25) is 5.95 Å². The molecule has 0 spiro atoms. The quantitative estimate of drug-likeness (QED) is 0.207. The van der Waals surface area contributed by atoms with Crippen LogP contribution >= 0.6 is 0 Å². The average Bonchev–Trinajstić information content (AvgIpc) is 3.05. The lowest BCUT2D eigenvalue weighted by molar-refractivity contribution is 0.183. The summed E-state index contributed by atoms with van der Waals surface area (Å²) in [7, 11) is 6.71. The Balaban J connectivity index is 1.53. The second-order valence-electron chi connectivity index (χ2n) is 11.1. The lowest BCUT2D eigenvalue weighted by Gasteiger charge is -2.39. The maximum atomic E-state index is 15.3. The molecule has 1 amide bonds. The van der Waals surface area contributed by atoms with Gasteiger partial charge in [0.1, 0.15) is 23.1 Å². The first-order valence-corrected chi connectivity index (χ1v) is 14.9. The number of nitrogens with zero attached hydrogens (tertiary/aromatic N) is 5. The maximum absolute atomic E-state index is 15.3. The van der Waals surface area contributed by atoms with E-state index in [1.165, 1.54) is 32.5 Å². The number of rotatable bonds is 11. The van der Waals surface area contributed by atoms with E-state index in [1.54, 1.807) is 37.4 Å². The molecule has 2 N–H and O–H groups in total. The summed E-state index contributed by atoms with van der Waals surface area (Å²) < 4.78 is 32.0. The van der Waals surface area contributed by atoms with Crippen LogP contribution in [0.4, 0.5) is 32.3 Å². The van der Waals surface area contributed by atoms with Crippen molar-refractivity contribution in [3.05, 3.63) is 95.4 Å². The number of methoxy groups -OCH3 is 3. The highest BCUT2D eigenvalue weighted by atomic mass is 19.1. The lowest BCUT2D eigenvalue weighted by atomic mass is 9.92. The van der Waals surface area contributed by atoms with Crippen molar-refractivity contribution < 1.29 is 28.5 Å². The minimum atomic E-state index is -1.26. The van der Waals surface area contributed by atoms with Gasteiger partial charge in [-0.05, 0) is 67.6 Å². The predicted octanol–water partition coefficient (Wildman–Crippen LogP) is 5.94. The Morgan fingerprint density at radius 1 is 1.07 bits per heavy atom. The number of nitrogens with one attached hydrogen (secondary N) is 1. The number of aromatic nitrogens is 2. The van der Waals surface area contributed by atoms with E-state index in [2.05, 4.69) is 34.2 Å². The van der Waals surface area contributed by atoms with Crippen LogP contribution in [0, 0.1) is 5.82 Å². The highest BCUT2D eigenvalue weighted by Gasteiger charge is 2.33. The molecule has 1 aliphatic rings. The van der Waals surface area contributed by atoms with Crippen LogP contribution in [0.25, 0.3) is 0 Å². The number of hydrogen-bond acceptors (Lipinski definition) is 9. The second-order valence-corrected chi connectivity index (χ2v) is 11.1. The van der Waals surface area contributed by atoms with Gasteiger partial charge in [-0.1, -0.05) is 24.3 Å². The third-order valence-corrected chi connectivity index (χ3v) is 8.24. The summed E-state index contributed by atoms with van der Waals surface area (Å²) in [5, 5.41) is 13.8. The number of carbonyl (C=O) groups is 1. The van der Waals surface area contributed by atoms with Crippen LogP contribution in [0.2, 0.25) is 0 Å². The standard InChI is InChI=1S/C34H39FN6O5/c1-22-20-40(17-16-39(22)2)29-12-10-24(18-28(29)35)37-33-36-15-14-31(38-33)41(34(42)43)32(26-9-7-6-8-23(26)21-44-3)27-19-25(45-4)11-13-30(27)46-5/h6-15,18-19,22,32H,16-17,20-21H2,1-5H3,(H,42,43)(H,36,37,38). The summed E-state index contributed by atoms with van der Waals surface area (Å²) in [6.07, 6.45) is 0.196. The SMILES string of the molecule is COCc1ccccc1C(c1cc(OC)ccc1OC)N(C(=O)O)c1ccnc(Nc2ccc(N3CCN(C)C(C)C3)c(F)c2)n1. The topological polar surface area (TPSA) is 113 Å². The summed E-state index contributed by atoms with van der Waals surface area (Å²) in [4.78, 5) is 27.5. The van der Waals surface area contributed by atoms with E-state index >= 15 is 4.39 Å². The van der Waals surface area contributed by atoms with Crippen molar-refractivity contribution in [1.82, 2.24) is 14.9 Å². The van der Waals surface area contributed by atoms with Gasteiger partial charge in [0, 0.05) is 50.2 Å². The summed E-state index contributed by atoms with van der Waals surface area (Å²) in [6, 6.07) is 18.4. The molecule has 1 aliphatic heterocycles. The fourth-order valence-electron chi connectivity index (χ4n) is 5.71. The molecule has 4 aromatic rings. The molecule has 0 aliphatic carbocycles. The Labute approximate surface area is 268 Å². The van der Waals surface area contributed by atoms with E-state index in [0.717, 1.165) is 30.1 Å². The Morgan fingerprint density at radius 2 is 1.87 bits per heavy atom. The molecule has 46 heavy (non-hydrogen) atoms. The van der Waals surface area contributed by atoms with Crippen LogP contribution in [0.5, 0.6) is 11.5 Å². The molecule has 0 saturated carbocycles. The minimum Gasteiger partial charge on any atom is -0.497 e. The first kappa shape index (κ1) is 32.5. The fourth-order valence-corrected chi connectivity index (χ4v) is 5.71. The second kappa shape index (κ2) is 14.4.